The second-order valence-electron chi connectivity index (χ2n) is 6.78. The monoisotopic (exact) mass is 391 g/mol. The molecule has 2 atom stereocenters. The Labute approximate surface area is 160 Å². The van der Waals surface area contributed by atoms with E-state index in [0.717, 1.165) is 0 Å². The lowest BCUT2D eigenvalue weighted by atomic mass is 9.78. The largest absolute Gasteiger partial charge is 0.392 e. The van der Waals surface area contributed by atoms with Crippen molar-refractivity contribution >= 4 is 23.3 Å². The highest BCUT2D eigenvalue weighted by molar-refractivity contribution is 6.05. The molecule has 0 saturated heterocycles. The summed E-state index contributed by atoms with van der Waals surface area (Å²) in [5.41, 5.74) is 0.546. The van der Waals surface area contributed by atoms with Gasteiger partial charge in [-0.25, -0.2) is 4.98 Å². The SMILES string of the molecule is O=C(Nc1ccccn1)c1cccc(NC(=O)[C@@H]2CCCC[C@H]2C(F)(F)F)c1. The molecule has 2 aromatic rings. The fourth-order valence-electron chi connectivity index (χ4n) is 3.43. The number of nitrogens with zero attached hydrogens (tertiary/aromatic N) is 1. The van der Waals surface area contributed by atoms with Crippen molar-refractivity contribution in [1.82, 2.24) is 4.98 Å². The van der Waals surface area contributed by atoms with E-state index in [9.17, 15) is 22.8 Å². The Hall–Kier alpha value is -2.90. The lowest BCUT2D eigenvalue weighted by Crippen LogP contribution is -2.39. The molecule has 1 heterocycles. The van der Waals surface area contributed by atoms with E-state index in [1.165, 1.54) is 12.3 Å². The third-order valence-corrected chi connectivity index (χ3v) is 4.82. The van der Waals surface area contributed by atoms with Crippen molar-refractivity contribution in [2.45, 2.75) is 31.9 Å². The normalized spacial score (nSPS) is 19.7. The molecule has 148 valence electrons. The first kappa shape index (κ1) is 19.9. The van der Waals surface area contributed by atoms with Crippen molar-refractivity contribution in [1.29, 1.82) is 0 Å². The van der Waals surface area contributed by atoms with Crippen LogP contribution in [0, 0.1) is 11.8 Å². The fourth-order valence-corrected chi connectivity index (χ4v) is 3.43. The Morgan fingerprint density at radius 2 is 1.79 bits per heavy atom. The number of halogens is 3. The second-order valence-corrected chi connectivity index (χ2v) is 6.78. The maximum absolute atomic E-state index is 13.2. The summed E-state index contributed by atoms with van der Waals surface area (Å²) in [4.78, 5) is 28.8. The van der Waals surface area contributed by atoms with E-state index in [1.807, 2.05) is 0 Å². The molecular weight excluding hydrogens is 371 g/mol. The van der Waals surface area contributed by atoms with Gasteiger partial charge in [0.1, 0.15) is 5.82 Å². The van der Waals surface area contributed by atoms with Gasteiger partial charge in [0, 0.05) is 23.4 Å². The molecule has 5 nitrogen and oxygen atoms in total. The lowest BCUT2D eigenvalue weighted by Gasteiger charge is -2.32. The number of hydrogen-bond donors (Lipinski definition) is 2. The molecule has 1 aromatic carbocycles. The van der Waals surface area contributed by atoms with E-state index in [0.29, 0.717) is 18.7 Å². The molecule has 28 heavy (non-hydrogen) atoms. The van der Waals surface area contributed by atoms with E-state index in [2.05, 4.69) is 15.6 Å². The predicted octanol–water partition coefficient (Wildman–Crippen LogP) is 4.64. The minimum atomic E-state index is -4.40. The van der Waals surface area contributed by atoms with Gasteiger partial charge >= 0.3 is 6.18 Å². The number of anilines is 2. The van der Waals surface area contributed by atoms with Gasteiger partial charge in [0.2, 0.25) is 5.91 Å². The number of hydrogen-bond acceptors (Lipinski definition) is 3. The van der Waals surface area contributed by atoms with Gasteiger partial charge in [0.05, 0.1) is 5.92 Å². The number of carbonyl (C=O) groups excluding carboxylic acids is 2. The number of pyridine rings is 1. The Balaban J connectivity index is 1.70. The summed E-state index contributed by atoms with van der Waals surface area (Å²) in [5, 5.41) is 5.16. The number of alkyl halides is 3. The second kappa shape index (κ2) is 8.41. The maximum atomic E-state index is 13.2. The number of amides is 2. The highest BCUT2D eigenvalue weighted by Crippen LogP contribution is 2.41. The van der Waals surface area contributed by atoms with Crippen LogP contribution in [0.2, 0.25) is 0 Å². The summed E-state index contributed by atoms with van der Waals surface area (Å²) < 4.78 is 39.7. The average Bonchev–Trinajstić information content (AvgIpc) is 2.68. The Bertz CT molecular complexity index is 840. The highest BCUT2D eigenvalue weighted by Gasteiger charge is 2.48. The standard InChI is InChI=1S/C20H20F3N3O2/c21-20(22,23)16-9-2-1-8-15(16)19(28)25-14-7-5-6-13(12-14)18(27)26-17-10-3-4-11-24-17/h3-7,10-12,15-16H,1-2,8-9H2,(H,25,28)(H,24,26,27)/t15-,16-/m1/s1. The van der Waals surface area contributed by atoms with Crippen LogP contribution < -0.4 is 10.6 Å². The van der Waals surface area contributed by atoms with Crippen molar-refractivity contribution in [3.63, 3.8) is 0 Å². The molecule has 1 aliphatic rings. The zero-order valence-electron chi connectivity index (χ0n) is 15.0. The van der Waals surface area contributed by atoms with E-state index >= 15 is 0 Å². The van der Waals surface area contributed by atoms with Gasteiger partial charge in [-0.1, -0.05) is 25.0 Å². The first-order valence-corrected chi connectivity index (χ1v) is 9.04. The Morgan fingerprint density at radius 3 is 2.50 bits per heavy atom. The van der Waals surface area contributed by atoms with Crippen LogP contribution in [0.15, 0.2) is 48.7 Å². The van der Waals surface area contributed by atoms with Crippen molar-refractivity contribution in [3.8, 4) is 0 Å². The van der Waals surface area contributed by atoms with Crippen LogP contribution in [-0.2, 0) is 4.79 Å². The number of aromatic nitrogens is 1. The third kappa shape index (κ3) is 4.88. The number of carbonyl (C=O) groups is 2. The third-order valence-electron chi connectivity index (χ3n) is 4.82. The van der Waals surface area contributed by atoms with Crippen LogP contribution >= 0.6 is 0 Å². The molecule has 1 saturated carbocycles. The van der Waals surface area contributed by atoms with Crippen LogP contribution in [0.3, 0.4) is 0 Å². The van der Waals surface area contributed by atoms with Crippen molar-refractivity contribution in [3.05, 3.63) is 54.2 Å². The summed E-state index contributed by atoms with van der Waals surface area (Å²) in [6.07, 6.45) is -1.63. The first-order chi connectivity index (χ1) is 13.3. The lowest BCUT2D eigenvalue weighted by molar-refractivity contribution is -0.197. The highest BCUT2D eigenvalue weighted by atomic mass is 19.4. The minimum absolute atomic E-state index is 0.0336. The topological polar surface area (TPSA) is 71.1 Å². The maximum Gasteiger partial charge on any atom is 0.392 e. The van der Waals surface area contributed by atoms with Crippen LogP contribution in [0.5, 0.6) is 0 Å². The van der Waals surface area contributed by atoms with E-state index in [4.69, 9.17) is 0 Å². The van der Waals surface area contributed by atoms with Gasteiger partial charge in [0.25, 0.3) is 5.91 Å². The Kier molecular flexibility index (Phi) is 5.96. The molecule has 0 unspecified atom stereocenters. The predicted molar refractivity (Wildman–Crippen MR) is 98.8 cm³/mol. The van der Waals surface area contributed by atoms with E-state index < -0.39 is 29.8 Å². The van der Waals surface area contributed by atoms with E-state index in [1.54, 1.807) is 36.4 Å². The molecule has 0 aliphatic heterocycles. The van der Waals surface area contributed by atoms with Gasteiger partial charge in [0.15, 0.2) is 0 Å². The molecule has 0 bridgehead atoms. The van der Waals surface area contributed by atoms with Gasteiger partial charge in [-0.15, -0.1) is 0 Å². The van der Waals surface area contributed by atoms with Crippen LogP contribution in [0.25, 0.3) is 0 Å². The summed E-state index contributed by atoms with van der Waals surface area (Å²) in [6, 6.07) is 11.1. The van der Waals surface area contributed by atoms with Crippen molar-refractivity contribution in [2.75, 3.05) is 10.6 Å². The van der Waals surface area contributed by atoms with Crippen molar-refractivity contribution in [2.24, 2.45) is 11.8 Å². The molecule has 2 N–H and O–H groups in total. The zero-order chi connectivity index (χ0) is 20.1. The summed E-state index contributed by atoms with van der Waals surface area (Å²) >= 11 is 0. The molecule has 1 aromatic heterocycles. The van der Waals surface area contributed by atoms with Gasteiger partial charge in [-0.2, -0.15) is 13.2 Å². The van der Waals surface area contributed by atoms with Gasteiger partial charge < -0.3 is 10.6 Å². The first-order valence-electron chi connectivity index (χ1n) is 9.04. The quantitative estimate of drug-likeness (QED) is 0.798. The minimum Gasteiger partial charge on any atom is -0.326 e. The van der Waals surface area contributed by atoms with E-state index in [-0.39, 0.29) is 24.1 Å². The molecule has 0 radical (unpaired) electrons. The molecule has 1 aliphatic carbocycles. The zero-order valence-corrected chi connectivity index (χ0v) is 15.0. The molecule has 2 amide bonds. The molecule has 8 heteroatoms. The summed E-state index contributed by atoms with van der Waals surface area (Å²) in [5.74, 6) is -3.46. The average molecular weight is 391 g/mol. The smallest absolute Gasteiger partial charge is 0.326 e. The molecular formula is C20H20F3N3O2. The Morgan fingerprint density at radius 1 is 1.00 bits per heavy atom. The van der Waals surface area contributed by atoms with Crippen LogP contribution in [0.1, 0.15) is 36.0 Å². The molecule has 0 spiro atoms. The summed E-state index contributed by atoms with van der Waals surface area (Å²) in [7, 11) is 0. The fraction of sp³-hybridized carbons (Fsp3) is 0.350. The number of nitrogens with one attached hydrogen (secondary N) is 2. The van der Waals surface area contributed by atoms with Crippen LogP contribution in [0.4, 0.5) is 24.7 Å². The number of rotatable bonds is 4. The summed E-state index contributed by atoms with van der Waals surface area (Å²) in [6.45, 7) is 0. The van der Waals surface area contributed by atoms with Gasteiger partial charge in [-0.3, -0.25) is 9.59 Å². The van der Waals surface area contributed by atoms with Gasteiger partial charge in [-0.05, 0) is 43.2 Å². The molecule has 1 fully saturated rings. The molecule has 3 rings (SSSR count). The van der Waals surface area contributed by atoms with Crippen molar-refractivity contribution < 1.29 is 22.8 Å². The number of benzene rings is 1. The van der Waals surface area contributed by atoms with Crippen LogP contribution in [-0.4, -0.2) is 23.0 Å².